The molecule has 0 unspecified atom stereocenters. The number of hydrogen-bond donors (Lipinski definition) is 1. The summed E-state index contributed by atoms with van der Waals surface area (Å²) in [6.45, 7) is 6.25. The zero-order valence-electron chi connectivity index (χ0n) is 8.93. The largest absolute Gasteiger partial charge is 0.342 e. The van der Waals surface area contributed by atoms with Crippen LogP contribution in [0.15, 0.2) is 11.0 Å². The smallest absolute Gasteiger partial charge is 0.104 e. The van der Waals surface area contributed by atoms with Gasteiger partial charge in [-0.15, -0.1) is 11.8 Å². The lowest BCUT2D eigenvalue weighted by atomic mass is 10.1. The first kappa shape index (κ1) is 9.59. The van der Waals surface area contributed by atoms with Gasteiger partial charge in [-0.05, 0) is 44.2 Å². The van der Waals surface area contributed by atoms with Crippen LogP contribution < -0.4 is 0 Å². The Hall–Kier alpha value is -0.960. The number of nitrogens with one attached hydrogen (secondary N) is 1. The zero-order valence-corrected chi connectivity index (χ0v) is 9.75. The molecular formula is C11H14N2S. The second-order valence-corrected chi connectivity index (χ2v) is 4.41. The zero-order chi connectivity index (χ0) is 10.3. The van der Waals surface area contributed by atoms with Gasteiger partial charge in [0.2, 0.25) is 0 Å². The highest BCUT2D eigenvalue weighted by Gasteiger charge is 2.09. The van der Waals surface area contributed by atoms with Crippen LogP contribution in [0.1, 0.15) is 17.0 Å². The van der Waals surface area contributed by atoms with Crippen LogP contribution >= 0.6 is 11.8 Å². The number of benzene rings is 1. The molecule has 0 atom stereocenters. The molecule has 2 rings (SSSR count). The molecular weight excluding hydrogens is 192 g/mol. The molecule has 3 heteroatoms. The van der Waals surface area contributed by atoms with E-state index in [4.69, 9.17) is 0 Å². The molecule has 0 radical (unpaired) electrons. The molecule has 0 aliphatic carbocycles. The van der Waals surface area contributed by atoms with Gasteiger partial charge in [0, 0.05) is 4.90 Å². The van der Waals surface area contributed by atoms with Crippen LogP contribution in [0.4, 0.5) is 0 Å². The lowest BCUT2D eigenvalue weighted by Gasteiger charge is -2.05. The molecule has 2 nitrogen and oxygen atoms in total. The van der Waals surface area contributed by atoms with Crippen LogP contribution in [0.5, 0.6) is 0 Å². The summed E-state index contributed by atoms with van der Waals surface area (Å²) in [7, 11) is 0. The lowest BCUT2D eigenvalue weighted by Crippen LogP contribution is -1.85. The summed E-state index contributed by atoms with van der Waals surface area (Å²) in [5, 5.41) is 0. The van der Waals surface area contributed by atoms with E-state index in [2.05, 4.69) is 36.1 Å². The van der Waals surface area contributed by atoms with Crippen LogP contribution in [0, 0.1) is 20.8 Å². The van der Waals surface area contributed by atoms with Crippen LogP contribution in [-0.4, -0.2) is 16.2 Å². The van der Waals surface area contributed by atoms with E-state index in [-0.39, 0.29) is 0 Å². The van der Waals surface area contributed by atoms with Gasteiger partial charge < -0.3 is 4.98 Å². The first-order valence-corrected chi connectivity index (χ1v) is 5.86. The monoisotopic (exact) mass is 206 g/mol. The molecule has 2 aromatic rings. The molecule has 0 amide bonds. The fraction of sp³-hybridized carbons (Fsp3) is 0.364. The van der Waals surface area contributed by atoms with E-state index in [1.807, 2.05) is 6.92 Å². The van der Waals surface area contributed by atoms with Crippen molar-refractivity contribution in [1.82, 2.24) is 9.97 Å². The Morgan fingerprint density at radius 1 is 1.29 bits per heavy atom. The number of aryl methyl sites for hydroxylation is 3. The summed E-state index contributed by atoms with van der Waals surface area (Å²) >= 11 is 1.79. The van der Waals surface area contributed by atoms with Gasteiger partial charge in [0.15, 0.2) is 0 Å². The van der Waals surface area contributed by atoms with Gasteiger partial charge in [0.05, 0.1) is 11.0 Å². The van der Waals surface area contributed by atoms with E-state index in [0.29, 0.717) is 0 Å². The number of fused-ring (bicyclic) bond motifs is 1. The van der Waals surface area contributed by atoms with Crippen LogP contribution in [0.3, 0.4) is 0 Å². The number of nitrogens with zero attached hydrogens (tertiary/aromatic N) is 1. The Labute approximate surface area is 88.1 Å². The van der Waals surface area contributed by atoms with Crippen LogP contribution in [-0.2, 0) is 0 Å². The minimum atomic E-state index is 0.990. The molecule has 1 heterocycles. The molecule has 0 bridgehead atoms. The third-order valence-electron chi connectivity index (χ3n) is 2.51. The van der Waals surface area contributed by atoms with Crippen LogP contribution in [0.25, 0.3) is 11.0 Å². The van der Waals surface area contributed by atoms with Crippen molar-refractivity contribution in [3.8, 4) is 0 Å². The number of rotatable bonds is 1. The quantitative estimate of drug-likeness (QED) is 0.726. The predicted molar refractivity (Wildman–Crippen MR) is 62.1 cm³/mol. The van der Waals surface area contributed by atoms with Crippen molar-refractivity contribution in [2.45, 2.75) is 25.7 Å². The molecule has 1 N–H and O–H groups in total. The maximum atomic E-state index is 4.48. The Morgan fingerprint density at radius 3 is 2.64 bits per heavy atom. The third kappa shape index (κ3) is 1.32. The minimum Gasteiger partial charge on any atom is -0.342 e. The van der Waals surface area contributed by atoms with E-state index in [9.17, 15) is 0 Å². The lowest BCUT2D eigenvalue weighted by molar-refractivity contribution is 1.17. The van der Waals surface area contributed by atoms with E-state index < -0.39 is 0 Å². The number of thioether (sulfide) groups is 1. The van der Waals surface area contributed by atoms with Crippen molar-refractivity contribution in [2.75, 3.05) is 6.26 Å². The van der Waals surface area contributed by atoms with E-state index >= 15 is 0 Å². The van der Waals surface area contributed by atoms with Gasteiger partial charge in [0.25, 0.3) is 0 Å². The van der Waals surface area contributed by atoms with Crippen molar-refractivity contribution in [2.24, 2.45) is 0 Å². The van der Waals surface area contributed by atoms with E-state index in [1.165, 1.54) is 21.5 Å². The second kappa shape index (κ2) is 3.31. The van der Waals surface area contributed by atoms with Crippen molar-refractivity contribution in [1.29, 1.82) is 0 Å². The molecule has 14 heavy (non-hydrogen) atoms. The topological polar surface area (TPSA) is 28.7 Å². The van der Waals surface area contributed by atoms with Crippen molar-refractivity contribution < 1.29 is 0 Å². The highest BCUT2D eigenvalue weighted by atomic mass is 32.2. The second-order valence-electron chi connectivity index (χ2n) is 3.57. The van der Waals surface area contributed by atoms with E-state index in [1.54, 1.807) is 11.8 Å². The van der Waals surface area contributed by atoms with Crippen molar-refractivity contribution in [3.05, 3.63) is 23.0 Å². The van der Waals surface area contributed by atoms with Crippen molar-refractivity contribution >= 4 is 22.8 Å². The Kier molecular flexibility index (Phi) is 2.27. The average Bonchev–Trinajstić information content (AvgIpc) is 2.54. The third-order valence-corrected chi connectivity index (χ3v) is 3.37. The molecule has 0 aliphatic heterocycles. The highest BCUT2D eigenvalue weighted by molar-refractivity contribution is 7.98. The number of aromatic amines is 1. The molecule has 1 aromatic carbocycles. The molecule has 74 valence electrons. The first-order chi connectivity index (χ1) is 6.63. The van der Waals surface area contributed by atoms with Gasteiger partial charge >= 0.3 is 0 Å². The summed E-state index contributed by atoms with van der Waals surface area (Å²) in [6, 6.07) is 2.21. The number of H-pyrrole nitrogens is 1. The maximum Gasteiger partial charge on any atom is 0.104 e. The standard InChI is InChI=1S/C11H14N2S/c1-6-5-9(14-4)7(2)11-10(6)12-8(3)13-11/h5H,1-4H3,(H,12,13). The number of aromatic nitrogens is 2. The molecule has 0 fully saturated rings. The van der Waals surface area contributed by atoms with Gasteiger partial charge in [-0.2, -0.15) is 0 Å². The van der Waals surface area contributed by atoms with Gasteiger partial charge in [-0.3, -0.25) is 0 Å². The predicted octanol–water partition coefficient (Wildman–Crippen LogP) is 3.21. The fourth-order valence-electron chi connectivity index (χ4n) is 1.76. The molecule has 1 aromatic heterocycles. The minimum absolute atomic E-state index is 0.990. The molecule has 0 aliphatic rings. The highest BCUT2D eigenvalue weighted by Crippen LogP contribution is 2.28. The summed E-state index contributed by atoms with van der Waals surface area (Å²) in [5.74, 6) is 0.990. The normalized spacial score (nSPS) is 11.1. The average molecular weight is 206 g/mol. The van der Waals surface area contributed by atoms with Crippen LogP contribution in [0.2, 0.25) is 0 Å². The molecule has 0 spiro atoms. The summed E-state index contributed by atoms with van der Waals surface area (Å²) in [6.07, 6.45) is 2.11. The summed E-state index contributed by atoms with van der Waals surface area (Å²) < 4.78 is 0. The SMILES string of the molecule is CSc1cc(C)c2nc(C)[nH]c2c1C. The van der Waals surface area contributed by atoms with Crippen molar-refractivity contribution in [3.63, 3.8) is 0 Å². The van der Waals surface area contributed by atoms with Gasteiger partial charge in [0.1, 0.15) is 5.82 Å². The molecule has 0 saturated carbocycles. The Balaban J connectivity index is 2.86. The molecule has 0 saturated heterocycles. The fourth-order valence-corrected chi connectivity index (χ4v) is 2.46. The Morgan fingerprint density at radius 2 is 2.00 bits per heavy atom. The summed E-state index contributed by atoms with van der Waals surface area (Å²) in [4.78, 5) is 9.13. The first-order valence-electron chi connectivity index (χ1n) is 4.64. The number of imidazole rings is 1. The van der Waals surface area contributed by atoms with Gasteiger partial charge in [-0.25, -0.2) is 4.98 Å². The Bertz CT molecular complexity index is 485. The van der Waals surface area contributed by atoms with E-state index in [0.717, 1.165) is 11.3 Å². The number of hydrogen-bond acceptors (Lipinski definition) is 2. The van der Waals surface area contributed by atoms with Gasteiger partial charge in [-0.1, -0.05) is 0 Å². The summed E-state index contributed by atoms with van der Waals surface area (Å²) in [5.41, 5.74) is 4.85. The maximum absolute atomic E-state index is 4.48.